The van der Waals surface area contributed by atoms with Crippen LogP contribution in [0.2, 0.25) is 0 Å². The highest BCUT2D eigenvalue weighted by atomic mass is 32.2. The smallest absolute Gasteiger partial charge is 0.338 e. The predicted molar refractivity (Wildman–Crippen MR) is 109 cm³/mol. The third-order valence-corrected chi connectivity index (χ3v) is 5.33. The maximum atomic E-state index is 12.0. The van der Waals surface area contributed by atoms with Gasteiger partial charge in [-0.25, -0.2) is 14.6 Å². The van der Waals surface area contributed by atoms with Gasteiger partial charge in [0.1, 0.15) is 0 Å². The number of rotatable bonds is 7. The Morgan fingerprint density at radius 1 is 1.04 bits per heavy atom. The fourth-order valence-electron chi connectivity index (χ4n) is 2.87. The van der Waals surface area contributed by atoms with Crippen LogP contribution in [0.5, 0.6) is 0 Å². The average molecular weight is 398 g/mol. The molecular formula is C21H22N2O4S. The number of methoxy groups -OCH3 is 1. The van der Waals surface area contributed by atoms with Crippen molar-refractivity contribution < 1.29 is 19.1 Å². The molecule has 1 heterocycles. The molecule has 0 unspecified atom stereocenters. The van der Waals surface area contributed by atoms with E-state index in [9.17, 15) is 9.59 Å². The number of fused-ring (bicyclic) bond motifs is 1. The molecule has 0 bridgehead atoms. The van der Waals surface area contributed by atoms with Crippen LogP contribution in [0.25, 0.3) is 11.0 Å². The molecule has 0 radical (unpaired) electrons. The van der Waals surface area contributed by atoms with Crippen LogP contribution < -0.4 is 0 Å². The lowest BCUT2D eigenvalue weighted by molar-refractivity contribution is 0.0525. The molecule has 0 aliphatic carbocycles. The standard InChI is InChI=1S/C21H22N2O4S/c1-4-23-18-11-10-16(20(25)27-5-2)12-17(18)22-21(23)28-13-14-6-8-15(9-7-14)19(24)26-3/h6-12H,4-5,13H2,1-3H3. The van der Waals surface area contributed by atoms with Crippen molar-refractivity contribution in [3.8, 4) is 0 Å². The lowest BCUT2D eigenvalue weighted by atomic mass is 10.1. The molecule has 7 heteroatoms. The topological polar surface area (TPSA) is 70.4 Å². The Bertz CT molecular complexity index is 996. The van der Waals surface area contributed by atoms with Gasteiger partial charge >= 0.3 is 11.9 Å². The second-order valence-corrected chi connectivity index (χ2v) is 6.98. The van der Waals surface area contributed by atoms with Crippen molar-refractivity contribution in [1.29, 1.82) is 0 Å². The summed E-state index contributed by atoms with van der Waals surface area (Å²) in [4.78, 5) is 28.2. The largest absolute Gasteiger partial charge is 0.465 e. The number of carbonyl (C=O) groups excluding carboxylic acids is 2. The summed E-state index contributed by atoms with van der Waals surface area (Å²) in [6.45, 7) is 4.97. The molecule has 3 aromatic rings. The number of carbonyl (C=O) groups is 2. The minimum atomic E-state index is -0.343. The summed E-state index contributed by atoms with van der Waals surface area (Å²) in [5, 5.41) is 0.885. The van der Waals surface area contributed by atoms with Crippen molar-refractivity contribution in [3.05, 3.63) is 59.2 Å². The number of hydrogen-bond donors (Lipinski definition) is 0. The zero-order chi connectivity index (χ0) is 20.1. The molecule has 0 spiro atoms. The van der Waals surface area contributed by atoms with E-state index in [2.05, 4.69) is 11.5 Å². The van der Waals surface area contributed by atoms with E-state index in [0.29, 0.717) is 17.7 Å². The van der Waals surface area contributed by atoms with E-state index < -0.39 is 0 Å². The van der Waals surface area contributed by atoms with Gasteiger partial charge in [-0.3, -0.25) is 0 Å². The number of thioether (sulfide) groups is 1. The molecule has 6 nitrogen and oxygen atoms in total. The van der Waals surface area contributed by atoms with E-state index >= 15 is 0 Å². The number of benzene rings is 2. The minimum Gasteiger partial charge on any atom is -0.465 e. The summed E-state index contributed by atoms with van der Waals surface area (Å²) < 4.78 is 11.9. The third-order valence-electron chi connectivity index (χ3n) is 4.28. The molecule has 0 fully saturated rings. The van der Waals surface area contributed by atoms with Crippen molar-refractivity contribution in [1.82, 2.24) is 9.55 Å². The van der Waals surface area contributed by atoms with E-state index in [0.717, 1.165) is 34.1 Å². The summed E-state index contributed by atoms with van der Waals surface area (Å²) in [6.07, 6.45) is 0. The minimum absolute atomic E-state index is 0.338. The molecule has 0 atom stereocenters. The van der Waals surface area contributed by atoms with Gasteiger partial charge in [-0.15, -0.1) is 0 Å². The van der Waals surface area contributed by atoms with Gasteiger partial charge < -0.3 is 14.0 Å². The van der Waals surface area contributed by atoms with E-state index in [4.69, 9.17) is 14.5 Å². The van der Waals surface area contributed by atoms with Crippen LogP contribution in [-0.4, -0.2) is 35.2 Å². The Hall–Kier alpha value is -2.80. The van der Waals surface area contributed by atoms with Crippen molar-refractivity contribution >= 4 is 34.7 Å². The van der Waals surface area contributed by atoms with E-state index in [-0.39, 0.29) is 11.9 Å². The van der Waals surface area contributed by atoms with E-state index in [1.165, 1.54) is 7.11 Å². The fraction of sp³-hybridized carbons (Fsp3) is 0.286. The van der Waals surface area contributed by atoms with Gasteiger partial charge in [-0.2, -0.15) is 0 Å². The van der Waals surface area contributed by atoms with Crippen molar-refractivity contribution in [2.45, 2.75) is 31.3 Å². The molecule has 0 N–H and O–H groups in total. The van der Waals surface area contributed by atoms with E-state index in [1.807, 2.05) is 18.2 Å². The van der Waals surface area contributed by atoms with Gasteiger partial charge in [-0.1, -0.05) is 23.9 Å². The average Bonchev–Trinajstić information content (AvgIpc) is 3.08. The predicted octanol–water partition coefficient (Wildman–Crippen LogP) is 4.31. The number of aryl methyl sites for hydroxylation is 1. The maximum absolute atomic E-state index is 12.0. The van der Waals surface area contributed by atoms with E-state index in [1.54, 1.807) is 43.0 Å². The lowest BCUT2D eigenvalue weighted by Crippen LogP contribution is -2.04. The highest BCUT2D eigenvalue weighted by Gasteiger charge is 2.14. The first-order valence-electron chi connectivity index (χ1n) is 9.04. The molecule has 0 aliphatic rings. The molecule has 28 heavy (non-hydrogen) atoms. The first kappa shape index (κ1) is 19.9. The Morgan fingerprint density at radius 2 is 1.75 bits per heavy atom. The Labute approximate surface area is 167 Å². The summed E-state index contributed by atoms with van der Waals surface area (Å²) >= 11 is 1.61. The van der Waals surface area contributed by atoms with Crippen LogP contribution in [-0.2, 0) is 21.8 Å². The molecule has 0 saturated heterocycles. The second-order valence-electron chi connectivity index (χ2n) is 6.04. The maximum Gasteiger partial charge on any atom is 0.338 e. The third kappa shape index (κ3) is 4.20. The highest BCUT2D eigenvalue weighted by Crippen LogP contribution is 2.27. The van der Waals surface area contributed by atoms with Crippen LogP contribution in [0.4, 0.5) is 0 Å². The number of esters is 2. The number of imidazole rings is 1. The first-order chi connectivity index (χ1) is 13.6. The number of ether oxygens (including phenoxy) is 2. The van der Waals surface area contributed by atoms with Gasteiger partial charge in [0.25, 0.3) is 0 Å². The van der Waals surface area contributed by atoms with Crippen LogP contribution in [0.1, 0.15) is 40.1 Å². The SMILES string of the molecule is CCOC(=O)c1ccc2c(c1)nc(SCc1ccc(C(=O)OC)cc1)n2CC. The van der Waals surface area contributed by atoms with Crippen LogP contribution in [0.3, 0.4) is 0 Å². The molecule has 3 rings (SSSR count). The molecular weight excluding hydrogens is 376 g/mol. The van der Waals surface area contributed by atoms with Crippen LogP contribution in [0, 0.1) is 0 Å². The van der Waals surface area contributed by atoms with Gasteiger partial charge in [-0.05, 0) is 49.7 Å². The van der Waals surface area contributed by atoms with Gasteiger partial charge in [0.15, 0.2) is 5.16 Å². The van der Waals surface area contributed by atoms with Crippen LogP contribution in [0.15, 0.2) is 47.6 Å². The Balaban J connectivity index is 1.80. The van der Waals surface area contributed by atoms with Gasteiger partial charge in [0, 0.05) is 12.3 Å². The molecule has 0 amide bonds. The number of aromatic nitrogens is 2. The number of hydrogen-bond acceptors (Lipinski definition) is 6. The molecule has 146 valence electrons. The first-order valence-corrected chi connectivity index (χ1v) is 10.0. The summed E-state index contributed by atoms with van der Waals surface area (Å²) in [6, 6.07) is 12.8. The highest BCUT2D eigenvalue weighted by molar-refractivity contribution is 7.98. The van der Waals surface area contributed by atoms with Crippen molar-refractivity contribution in [3.63, 3.8) is 0 Å². The Morgan fingerprint density at radius 3 is 2.39 bits per heavy atom. The zero-order valence-corrected chi connectivity index (χ0v) is 16.9. The molecule has 1 aromatic heterocycles. The fourth-order valence-corrected chi connectivity index (χ4v) is 3.90. The van der Waals surface area contributed by atoms with Gasteiger partial charge in [0.2, 0.25) is 0 Å². The molecule has 2 aromatic carbocycles. The normalized spacial score (nSPS) is 10.8. The summed E-state index contributed by atoms with van der Waals surface area (Å²) in [5.41, 5.74) is 3.88. The number of nitrogens with zero attached hydrogens (tertiary/aromatic N) is 2. The van der Waals surface area contributed by atoms with Crippen molar-refractivity contribution in [2.75, 3.05) is 13.7 Å². The van der Waals surface area contributed by atoms with Gasteiger partial charge in [0.05, 0.1) is 35.9 Å². The molecule has 0 aliphatic heterocycles. The van der Waals surface area contributed by atoms with Crippen LogP contribution >= 0.6 is 11.8 Å². The summed E-state index contributed by atoms with van der Waals surface area (Å²) in [5.74, 6) is 0.0370. The zero-order valence-electron chi connectivity index (χ0n) is 16.1. The lowest BCUT2D eigenvalue weighted by Gasteiger charge is -2.06. The molecule has 0 saturated carbocycles. The van der Waals surface area contributed by atoms with Crippen molar-refractivity contribution in [2.24, 2.45) is 0 Å². The second kappa shape index (κ2) is 8.93. The quantitative estimate of drug-likeness (QED) is 0.436. The summed E-state index contributed by atoms with van der Waals surface area (Å²) in [7, 11) is 1.37. The monoisotopic (exact) mass is 398 g/mol. The Kier molecular flexibility index (Phi) is 6.36.